The van der Waals surface area contributed by atoms with Crippen molar-refractivity contribution in [2.75, 3.05) is 11.5 Å². The molecule has 1 aliphatic heterocycles. The number of benzene rings is 2. The Labute approximate surface area is 175 Å². The van der Waals surface area contributed by atoms with Crippen LogP contribution in [0.3, 0.4) is 0 Å². The molecule has 30 heavy (non-hydrogen) atoms. The molecule has 3 amide bonds. The largest absolute Gasteiger partial charge is 0.494 e. The minimum absolute atomic E-state index is 0.113. The topological polar surface area (TPSA) is 66.9 Å². The first-order valence-electron chi connectivity index (χ1n) is 10.1. The summed E-state index contributed by atoms with van der Waals surface area (Å²) in [4.78, 5) is 41.5. The van der Waals surface area contributed by atoms with Crippen LogP contribution in [0.4, 0.5) is 10.1 Å². The predicted molar refractivity (Wildman–Crippen MR) is 111 cm³/mol. The van der Waals surface area contributed by atoms with Gasteiger partial charge in [0.2, 0.25) is 5.91 Å². The molecule has 0 radical (unpaired) electrons. The van der Waals surface area contributed by atoms with Crippen LogP contribution in [0.5, 0.6) is 5.75 Å². The standard InChI is InChI=1S/C23H25FN2O4/c1-4-15(3)25(22(28)18-8-6-7-9-19(18)24)20-14-21(27)26(23(20)29)16-10-12-17(13-11-16)30-5-2/h6-13,15,20H,4-5,14H2,1-3H3. The van der Waals surface area contributed by atoms with Gasteiger partial charge in [0.05, 0.1) is 24.3 Å². The van der Waals surface area contributed by atoms with Crippen molar-refractivity contribution < 1.29 is 23.5 Å². The monoisotopic (exact) mass is 412 g/mol. The lowest BCUT2D eigenvalue weighted by Crippen LogP contribution is -2.50. The number of carbonyl (C=O) groups is 3. The molecule has 0 spiro atoms. The second kappa shape index (κ2) is 9.07. The van der Waals surface area contributed by atoms with Crippen LogP contribution in [0.15, 0.2) is 48.5 Å². The summed E-state index contributed by atoms with van der Waals surface area (Å²) in [5.41, 5.74) is 0.302. The molecule has 2 aromatic rings. The number of ether oxygens (including phenoxy) is 1. The summed E-state index contributed by atoms with van der Waals surface area (Å²) < 4.78 is 19.6. The number of rotatable bonds is 7. The number of imide groups is 1. The summed E-state index contributed by atoms with van der Waals surface area (Å²) in [7, 11) is 0. The number of amides is 3. The minimum atomic E-state index is -0.980. The molecule has 1 aliphatic rings. The van der Waals surface area contributed by atoms with E-state index in [0.29, 0.717) is 24.5 Å². The van der Waals surface area contributed by atoms with Gasteiger partial charge in [-0.1, -0.05) is 19.1 Å². The van der Waals surface area contributed by atoms with Crippen LogP contribution in [0, 0.1) is 5.82 Å². The van der Waals surface area contributed by atoms with E-state index >= 15 is 0 Å². The van der Waals surface area contributed by atoms with E-state index in [0.717, 1.165) is 4.90 Å². The lowest BCUT2D eigenvalue weighted by atomic mass is 10.1. The molecule has 0 aliphatic carbocycles. The summed E-state index contributed by atoms with van der Waals surface area (Å²) in [6.07, 6.45) is 0.414. The van der Waals surface area contributed by atoms with Gasteiger partial charge in [-0.25, -0.2) is 9.29 Å². The maximum Gasteiger partial charge on any atom is 0.257 e. The molecule has 0 N–H and O–H groups in total. The van der Waals surface area contributed by atoms with Crippen molar-refractivity contribution in [3.05, 3.63) is 59.9 Å². The third-order valence-electron chi connectivity index (χ3n) is 5.27. The quantitative estimate of drug-likeness (QED) is 0.649. The van der Waals surface area contributed by atoms with E-state index in [1.807, 2.05) is 13.8 Å². The van der Waals surface area contributed by atoms with Crippen molar-refractivity contribution in [2.45, 2.75) is 45.7 Å². The zero-order valence-electron chi connectivity index (χ0n) is 17.3. The van der Waals surface area contributed by atoms with Gasteiger partial charge in [-0.15, -0.1) is 0 Å². The molecule has 0 saturated carbocycles. The average molecular weight is 412 g/mol. The van der Waals surface area contributed by atoms with Crippen molar-refractivity contribution in [1.82, 2.24) is 4.90 Å². The molecule has 2 atom stereocenters. The smallest absolute Gasteiger partial charge is 0.257 e. The Morgan fingerprint density at radius 3 is 2.43 bits per heavy atom. The summed E-state index contributed by atoms with van der Waals surface area (Å²) in [6.45, 7) is 6.03. The predicted octanol–water partition coefficient (Wildman–Crippen LogP) is 3.80. The molecule has 2 aromatic carbocycles. The molecular formula is C23H25FN2O4. The van der Waals surface area contributed by atoms with Crippen LogP contribution in [-0.4, -0.2) is 41.3 Å². The normalized spacial score (nSPS) is 17.2. The summed E-state index contributed by atoms with van der Waals surface area (Å²) in [6, 6.07) is 11.0. The van der Waals surface area contributed by atoms with E-state index in [-0.39, 0.29) is 18.0 Å². The van der Waals surface area contributed by atoms with Gasteiger partial charge in [-0.05, 0) is 56.7 Å². The van der Waals surface area contributed by atoms with Crippen LogP contribution >= 0.6 is 0 Å². The van der Waals surface area contributed by atoms with Gasteiger partial charge in [0.15, 0.2) is 0 Å². The zero-order chi connectivity index (χ0) is 21.8. The number of halogens is 1. The van der Waals surface area contributed by atoms with Crippen LogP contribution in [-0.2, 0) is 9.59 Å². The van der Waals surface area contributed by atoms with E-state index in [9.17, 15) is 18.8 Å². The van der Waals surface area contributed by atoms with Gasteiger partial charge >= 0.3 is 0 Å². The van der Waals surface area contributed by atoms with E-state index in [2.05, 4.69) is 0 Å². The molecule has 7 heteroatoms. The fraction of sp³-hybridized carbons (Fsp3) is 0.348. The summed E-state index contributed by atoms with van der Waals surface area (Å²) in [5.74, 6) is -1.51. The Hall–Kier alpha value is -3.22. The second-order valence-electron chi connectivity index (χ2n) is 7.16. The van der Waals surface area contributed by atoms with E-state index in [1.54, 1.807) is 37.3 Å². The molecule has 3 rings (SSSR count). The molecular weight excluding hydrogens is 387 g/mol. The van der Waals surface area contributed by atoms with E-state index < -0.39 is 29.6 Å². The molecule has 0 bridgehead atoms. The van der Waals surface area contributed by atoms with Crippen LogP contribution in [0.2, 0.25) is 0 Å². The van der Waals surface area contributed by atoms with E-state index in [1.165, 1.54) is 23.1 Å². The van der Waals surface area contributed by atoms with Crippen molar-refractivity contribution in [2.24, 2.45) is 0 Å². The maximum atomic E-state index is 14.2. The highest BCUT2D eigenvalue weighted by Crippen LogP contribution is 2.30. The lowest BCUT2D eigenvalue weighted by Gasteiger charge is -2.33. The fourth-order valence-electron chi connectivity index (χ4n) is 3.58. The highest BCUT2D eigenvalue weighted by Gasteiger charge is 2.46. The lowest BCUT2D eigenvalue weighted by molar-refractivity contribution is -0.122. The first-order chi connectivity index (χ1) is 14.4. The molecule has 1 saturated heterocycles. The molecule has 1 heterocycles. The molecule has 0 aromatic heterocycles. The molecule has 158 valence electrons. The average Bonchev–Trinajstić information content (AvgIpc) is 3.03. The Balaban J connectivity index is 1.92. The number of hydrogen-bond acceptors (Lipinski definition) is 4. The van der Waals surface area contributed by atoms with Gasteiger partial charge in [0.1, 0.15) is 17.6 Å². The summed E-state index contributed by atoms with van der Waals surface area (Å²) >= 11 is 0. The van der Waals surface area contributed by atoms with Gasteiger partial charge in [0, 0.05) is 6.04 Å². The zero-order valence-corrected chi connectivity index (χ0v) is 17.3. The van der Waals surface area contributed by atoms with Crippen LogP contribution < -0.4 is 9.64 Å². The number of nitrogens with zero attached hydrogens (tertiary/aromatic N) is 2. The third kappa shape index (κ3) is 4.06. The minimum Gasteiger partial charge on any atom is -0.494 e. The van der Waals surface area contributed by atoms with E-state index in [4.69, 9.17) is 4.74 Å². The molecule has 1 fully saturated rings. The Kier molecular flexibility index (Phi) is 6.50. The number of anilines is 1. The first-order valence-corrected chi connectivity index (χ1v) is 10.1. The summed E-state index contributed by atoms with van der Waals surface area (Å²) in [5, 5.41) is 0. The second-order valence-corrected chi connectivity index (χ2v) is 7.16. The van der Waals surface area contributed by atoms with Crippen molar-refractivity contribution in [3.8, 4) is 5.75 Å². The van der Waals surface area contributed by atoms with Crippen molar-refractivity contribution >= 4 is 23.4 Å². The fourth-order valence-corrected chi connectivity index (χ4v) is 3.58. The Morgan fingerprint density at radius 1 is 1.17 bits per heavy atom. The van der Waals surface area contributed by atoms with Crippen molar-refractivity contribution in [3.63, 3.8) is 0 Å². The maximum absolute atomic E-state index is 14.2. The first kappa shape index (κ1) is 21.5. The number of hydrogen-bond donors (Lipinski definition) is 0. The highest BCUT2D eigenvalue weighted by molar-refractivity contribution is 6.23. The van der Waals surface area contributed by atoms with Gasteiger partial charge in [-0.3, -0.25) is 14.4 Å². The van der Waals surface area contributed by atoms with Crippen molar-refractivity contribution in [1.29, 1.82) is 0 Å². The SMILES string of the molecule is CCOc1ccc(N2C(=O)CC(N(C(=O)c3ccccc3F)C(C)CC)C2=O)cc1. The highest BCUT2D eigenvalue weighted by atomic mass is 19.1. The van der Waals surface area contributed by atoms with Gasteiger partial charge < -0.3 is 9.64 Å². The van der Waals surface area contributed by atoms with Gasteiger partial charge in [-0.2, -0.15) is 0 Å². The molecule has 2 unspecified atom stereocenters. The van der Waals surface area contributed by atoms with Crippen LogP contribution in [0.1, 0.15) is 44.0 Å². The Morgan fingerprint density at radius 2 is 1.83 bits per heavy atom. The van der Waals surface area contributed by atoms with Crippen LogP contribution in [0.25, 0.3) is 0 Å². The third-order valence-corrected chi connectivity index (χ3v) is 5.27. The molecule has 6 nitrogen and oxygen atoms in total. The van der Waals surface area contributed by atoms with Gasteiger partial charge in [0.25, 0.3) is 11.8 Å². The number of carbonyl (C=O) groups excluding carboxylic acids is 3. The Bertz CT molecular complexity index is 944.